The number of allylic oxidation sites excluding steroid dienone is 2. The van der Waals surface area contributed by atoms with Crippen LogP contribution in [0.5, 0.6) is 0 Å². The van der Waals surface area contributed by atoms with Crippen LogP contribution in [-0.4, -0.2) is 11.6 Å². The SMILES string of the molecule is C=C(C)C(=O)CCC(C)C(=O)C(=C)C. The first-order valence-corrected chi connectivity index (χ1v) is 4.74. The van der Waals surface area contributed by atoms with Crippen molar-refractivity contribution in [1.29, 1.82) is 0 Å². The third-order valence-electron chi connectivity index (χ3n) is 2.15. The van der Waals surface area contributed by atoms with Gasteiger partial charge in [0.1, 0.15) is 0 Å². The summed E-state index contributed by atoms with van der Waals surface area (Å²) in [6.07, 6.45) is 0.979. The number of rotatable bonds is 6. The Labute approximate surface area is 85.7 Å². The zero-order chi connectivity index (χ0) is 11.3. The average Bonchev–Trinajstić information content (AvgIpc) is 2.11. The van der Waals surface area contributed by atoms with E-state index in [1.807, 2.05) is 6.92 Å². The van der Waals surface area contributed by atoms with Crippen molar-refractivity contribution >= 4 is 11.6 Å². The highest BCUT2D eigenvalue weighted by atomic mass is 16.1. The fourth-order valence-electron chi connectivity index (χ4n) is 1.11. The lowest BCUT2D eigenvalue weighted by atomic mass is 9.94. The normalized spacial score (nSPS) is 11.9. The van der Waals surface area contributed by atoms with Gasteiger partial charge in [-0.1, -0.05) is 20.1 Å². The monoisotopic (exact) mass is 194 g/mol. The maximum Gasteiger partial charge on any atom is 0.160 e. The van der Waals surface area contributed by atoms with Gasteiger partial charge in [-0.2, -0.15) is 0 Å². The standard InChI is InChI=1S/C12H18O2/c1-8(2)11(13)7-6-10(5)12(14)9(3)4/h10H,1,3,6-7H2,2,4-5H3. The Morgan fingerprint density at radius 2 is 1.64 bits per heavy atom. The topological polar surface area (TPSA) is 34.1 Å². The van der Waals surface area contributed by atoms with E-state index in [4.69, 9.17) is 0 Å². The first-order valence-electron chi connectivity index (χ1n) is 4.74. The van der Waals surface area contributed by atoms with E-state index in [9.17, 15) is 9.59 Å². The summed E-state index contributed by atoms with van der Waals surface area (Å²) in [7, 11) is 0. The van der Waals surface area contributed by atoms with Gasteiger partial charge in [0.25, 0.3) is 0 Å². The Morgan fingerprint density at radius 1 is 1.14 bits per heavy atom. The summed E-state index contributed by atoms with van der Waals surface area (Å²) >= 11 is 0. The Morgan fingerprint density at radius 3 is 2.00 bits per heavy atom. The van der Waals surface area contributed by atoms with Gasteiger partial charge in [-0.15, -0.1) is 0 Å². The van der Waals surface area contributed by atoms with Crippen molar-refractivity contribution in [3.05, 3.63) is 24.3 Å². The molecule has 2 nitrogen and oxygen atoms in total. The van der Waals surface area contributed by atoms with Crippen molar-refractivity contribution in [2.45, 2.75) is 33.6 Å². The molecule has 1 unspecified atom stereocenters. The van der Waals surface area contributed by atoms with E-state index in [1.165, 1.54) is 0 Å². The molecule has 0 aliphatic carbocycles. The summed E-state index contributed by atoms with van der Waals surface area (Å²) in [6, 6.07) is 0. The molecule has 0 aliphatic rings. The van der Waals surface area contributed by atoms with Crippen molar-refractivity contribution in [2.75, 3.05) is 0 Å². The van der Waals surface area contributed by atoms with Crippen LogP contribution in [0, 0.1) is 5.92 Å². The Bertz CT molecular complexity index is 274. The summed E-state index contributed by atoms with van der Waals surface area (Å²) in [5, 5.41) is 0. The Balaban J connectivity index is 4.03. The summed E-state index contributed by atoms with van der Waals surface area (Å²) in [5.74, 6) is -0.0401. The molecule has 0 fully saturated rings. The van der Waals surface area contributed by atoms with Gasteiger partial charge in [-0.05, 0) is 31.4 Å². The first-order chi connectivity index (χ1) is 6.36. The van der Waals surface area contributed by atoms with Crippen LogP contribution < -0.4 is 0 Å². The zero-order valence-electron chi connectivity index (χ0n) is 9.22. The van der Waals surface area contributed by atoms with E-state index in [1.54, 1.807) is 13.8 Å². The van der Waals surface area contributed by atoms with Crippen molar-refractivity contribution in [3.8, 4) is 0 Å². The molecule has 0 spiro atoms. The number of hydrogen-bond donors (Lipinski definition) is 0. The van der Waals surface area contributed by atoms with Crippen LogP contribution >= 0.6 is 0 Å². The Hall–Kier alpha value is -1.18. The van der Waals surface area contributed by atoms with E-state index < -0.39 is 0 Å². The van der Waals surface area contributed by atoms with E-state index in [-0.39, 0.29) is 17.5 Å². The van der Waals surface area contributed by atoms with Gasteiger partial charge >= 0.3 is 0 Å². The fourth-order valence-corrected chi connectivity index (χ4v) is 1.11. The molecule has 78 valence electrons. The Kier molecular flexibility index (Phi) is 5.06. The molecule has 0 aromatic rings. The van der Waals surface area contributed by atoms with Crippen molar-refractivity contribution in [2.24, 2.45) is 5.92 Å². The predicted octanol–water partition coefficient (Wildman–Crippen LogP) is 2.69. The van der Waals surface area contributed by atoms with E-state index in [2.05, 4.69) is 13.2 Å². The molecule has 14 heavy (non-hydrogen) atoms. The van der Waals surface area contributed by atoms with E-state index in [0.29, 0.717) is 24.0 Å². The number of carbonyl (C=O) groups is 2. The van der Waals surface area contributed by atoms with Gasteiger partial charge < -0.3 is 0 Å². The van der Waals surface area contributed by atoms with Gasteiger partial charge in [0.2, 0.25) is 0 Å². The lowest BCUT2D eigenvalue weighted by Gasteiger charge is -2.08. The molecule has 0 bridgehead atoms. The molecule has 0 aromatic carbocycles. The molecule has 0 aromatic heterocycles. The highest BCUT2D eigenvalue weighted by Gasteiger charge is 2.14. The second-order valence-electron chi connectivity index (χ2n) is 3.79. The van der Waals surface area contributed by atoms with Crippen LogP contribution in [0.1, 0.15) is 33.6 Å². The van der Waals surface area contributed by atoms with E-state index in [0.717, 1.165) is 0 Å². The first kappa shape index (κ1) is 12.8. The van der Waals surface area contributed by atoms with Crippen LogP contribution in [0.2, 0.25) is 0 Å². The zero-order valence-corrected chi connectivity index (χ0v) is 9.22. The highest BCUT2D eigenvalue weighted by molar-refractivity contribution is 5.97. The molecule has 0 amide bonds. The molecule has 0 heterocycles. The van der Waals surface area contributed by atoms with E-state index >= 15 is 0 Å². The predicted molar refractivity (Wildman–Crippen MR) is 58.0 cm³/mol. The summed E-state index contributed by atoms with van der Waals surface area (Å²) in [4.78, 5) is 22.6. The number of hydrogen-bond acceptors (Lipinski definition) is 2. The lowest BCUT2D eigenvalue weighted by Crippen LogP contribution is -2.13. The number of ketones is 2. The van der Waals surface area contributed by atoms with Gasteiger partial charge in [-0.25, -0.2) is 0 Å². The summed E-state index contributed by atoms with van der Waals surface area (Å²) in [5.41, 5.74) is 1.11. The molecule has 2 heteroatoms. The van der Waals surface area contributed by atoms with Gasteiger partial charge in [0, 0.05) is 12.3 Å². The van der Waals surface area contributed by atoms with Crippen molar-refractivity contribution in [1.82, 2.24) is 0 Å². The third kappa shape index (κ3) is 4.17. The van der Waals surface area contributed by atoms with Crippen LogP contribution in [0.25, 0.3) is 0 Å². The van der Waals surface area contributed by atoms with Gasteiger partial charge in [0.05, 0.1) is 0 Å². The maximum atomic E-state index is 11.4. The molecule has 0 N–H and O–H groups in total. The lowest BCUT2D eigenvalue weighted by molar-refractivity contribution is -0.119. The minimum Gasteiger partial charge on any atom is -0.295 e. The van der Waals surface area contributed by atoms with Crippen LogP contribution in [0.4, 0.5) is 0 Å². The minimum absolute atomic E-state index is 0.0337. The number of carbonyl (C=O) groups excluding carboxylic acids is 2. The van der Waals surface area contributed by atoms with Crippen LogP contribution in [0.3, 0.4) is 0 Å². The van der Waals surface area contributed by atoms with Crippen LogP contribution in [0.15, 0.2) is 24.3 Å². The molecule has 0 radical (unpaired) electrons. The largest absolute Gasteiger partial charge is 0.295 e. The van der Waals surface area contributed by atoms with Crippen molar-refractivity contribution in [3.63, 3.8) is 0 Å². The highest BCUT2D eigenvalue weighted by Crippen LogP contribution is 2.12. The summed E-state index contributed by atoms with van der Waals surface area (Å²) < 4.78 is 0. The smallest absolute Gasteiger partial charge is 0.160 e. The van der Waals surface area contributed by atoms with Gasteiger partial charge in [0.15, 0.2) is 11.6 Å². The molecule has 0 saturated heterocycles. The molecule has 1 atom stereocenters. The van der Waals surface area contributed by atoms with Crippen LogP contribution in [-0.2, 0) is 9.59 Å². The molecule has 0 saturated carbocycles. The second kappa shape index (κ2) is 5.53. The maximum absolute atomic E-state index is 11.4. The quantitative estimate of drug-likeness (QED) is 0.609. The van der Waals surface area contributed by atoms with Crippen molar-refractivity contribution < 1.29 is 9.59 Å². The molecule has 0 rings (SSSR count). The molecular formula is C12H18O2. The number of Topliss-reactive ketones (excluding diaryl/α,β-unsaturated/α-hetero) is 2. The third-order valence-corrected chi connectivity index (χ3v) is 2.15. The minimum atomic E-state index is -0.115. The average molecular weight is 194 g/mol. The molecular weight excluding hydrogens is 176 g/mol. The van der Waals surface area contributed by atoms with Gasteiger partial charge in [-0.3, -0.25) is 9.59 Å². The second-order valence-corrected chi connectivity index (χ2v) is 3.79. The summed E-state index contributed by atoms with van der Waals surface area (Å²) in [6.45, 7) is 12.4. The fraction of sp³-hybridized carbons (Fsp3) is 0.500. The molecule has 0 aliphatic heterocycles.